The number of anilines is 1. The van der Waals surface area contributed by atoms with Gasteiger partial charge in [0.1, 0.15) is 5.69 Å². The number of rotatable bonds is 2. The molecule has 5 nitrogen and oxygen atoms in total. The SMILES string of the molecule is Cn1cc(Br)cc1C(=O)Nc1ccc(Cl)nn1. The fourth-order valence-electron chi connectivity index (χ4n) is 1.31. The lowest BCUT2D eigenvalue weighted by atomic mass is 10.4. The number of carbonyl (C=O) groups is 1. The largest absolute Gasteiger partial charge is 0.345 e. The molecule has 0 atom stereocenters. The monoisotopic (exact) mass is 314 g/mol. The average molecular weight is 316 g/mol. The first-order valence-electron chi connectivity index (χ1n) is 4.69. The minimum atomic E-state index is -0.255. The van der Waals surface area contributed by atoms with Crippen LogP contribution in [0.15, 0.2) is 28.9 Å². The Hall–Kier alpha value is -1.40. The van der Waals surface area contributed by atoms with E-state index in [2.05, 4.69) is 31.4 Å². The van der Waals surface area contributed by atoms with Crippen LogP contribution in [0.1, 0.15) is 10.5 Å². The van der Waals surface area contributed by atoms with Gasteiger partial charge < -0.3 is 9.88 Å². The van der Waals surface area contributed by atoms with Gasteiger partial charge in [0, 0.05) is 17.7 Å². The van der Waals surface area contributed by atoms with Gasteiger partial charge >= 0.3 is 0 Å². The molecular weight excluding hydrogens is 307 g/mol. The molecule has 88 valence electrons. The van der Waals surface area contributed by atoms with Crippen LogP contribution >= 0.6 is 27.5 Å². The predicted octanol–water partition coefficient (Wildman–Crippen LogP) is 2.48. The summed E-state index contributed by atoms with van der Waals surface area (Å²) in [5.41, 5.74) is 0.522. The molecule has 0 fully saturated rings. The van der Waals surface area contributed by atoms with Gasteiger partial charge in [-0.15, -0.1) is 10.2 Å². The van der Waals surface area contributed by atoms with E-state index in [9.17, 15) is 4.79 Å². The van der Waals surface area contributed by atoms with Crippen LogP contribution in [-0.4, -0.2) is 20.7 Å². The van der Waals surface area contributed by atoms with E-state index in [0.717, 1.165) is 4.47 Å². The number of halogens is 2. The van der Waals surface area contributed by atoms with Crippen LogP contribution < -0.4 is 5.32 Å². The lowest BCUT2D eigenvalue weighted by Crippen LogP contribution is -2.16. The minimum Gasteiger partial charge on any atom is -0.345 e. The van der Waals surface area contributed by atoms with E-state index in [4.69, 9.17) is 11.6 Å². The number of carbonyl (C=O) groups excluding carboxylic acids is 1. The lowest BCUT2D eigenvalue weighted by Gasteiger charge is -2.04. The first kappa shape index (κ1) is 12.1. The van der Waals surface area contributed by atoms with Crippen molar-refractivity contribution < 1.29 is 4.79 Å². The molecule has 1 N–H and O–H groups in total. The Morgan fingerprint density at radius 1 is 1.47 bits per heavy atom. The maximum Gasteiger partial charge on any atom is 0.273 e. The fraction of sp³-hybridized carbons (Fsp3) is 0.100. The molecule has 1 amide bonds. The van der Waals surface area contributed by atoms with E-state index in [1.54, 1.807) is 36.0 Å². The first-order chi connectivity index (χ1) is 8.06. The zero-order chi connectivity index (χ0) is 12.4. The van der Waals surface area contributed by atoms with Crippen LogP contribution in [0.25, 0.3) is 0 Å². The second-order valence-corrected chi connectivity index (χ2v) is 4.65. The second kappa shape index (κ2) is 4.85. The lowest BCUT2D eigenvalue weighted by molar-refractivity contribution is 0.101. The van der Waals surface area contributed by atoms with Crippen molar-refractivity contribution in [3.05, 3.63) is 39.7 Å². The highest BCUT2D eigenvalue weighted by Crippen LogP contribution is 2.15. The topological polar surface area (TPSA) is 59.8 Å². The standard InChI is InChI=1S/C10H8BrClN4O/c1-16-5-6(11)4-7(16)10(17)13-9-3-2-8(12)14-15-9/h2-5H,1H3,(H,13,15,17). The molecule has 0 saturated heterocycles. The van der Waals surface area contributed by atoms with Gasteiger partial charge in [0.25, 0.3) is 5.91 Å². The van der Waals surface area contributed by atoms with Crippen LogP contribution in [0, 0.1) is 0 Å². The smallest absolute Gasteiger partial charge is 0.273 e. The number of aromatic nitrogens is 3. The normalized spacial score (nSPS) is 10.3. The van der Waals surface area contributed by atoms with Crippen molar-refractivity contribution >= 4 is 39.3 Å². The van der Waals surface area contributed by atoms with Crippen LogP contribution in [-0.2, 0) is 7.05 Å². The first-order valence-corrected chi connectivity index (χ1v) is 5.86. The Morgan fingerprint density at radius 3 is 2.76 bits per heavy atom. The van der Waals surface area contributed by atoms with Crippen LogP contribution in [0.4, 0.5) is 5.82 Å². The van der Waals surface area contributed by atoms with E-state index in [1.807, 2.05) is 0 Å². The van der Waals surface area contributed by atoms with Crippen molar-refractivity contribution in [2.45, 2.75) is 0 Å². The number of nitrogens with one attached hydrogen (secondary N) is 1. The molecule has 2 heterocycles. The zero-order valence-electron chi connectivity index (χ0n) is 8.82. The van der Waals surface area contributed by atoms with Crippen LogP contribution in [0.5, 0.6) is 0 Å². The molecule has 2 aromatic heterocycles. The molecule has 7 heteroatoms. The molecule has 0 radical (unpaired) electrons. The third-order valence-electron chi connectivity index (χ3n) is 2.08. The van der Waals surface area contributed by atoms with Crippen LogP contribution in [0.2, 0.25) is 5.15 Å². The Bertz CT molecular complexity index is 552. The molecule has 0 saturated carbocycles. The molecule has 0 aromatic carbocycles. The number of hydrogen-bond acceptors (Lipinski definition) is 3. The molecule has 0 aliphatic carbocycles. The van der Waals surface area contributed by atoms with E-state index in [0.29, 0.717) is 11.5 Å². The summed E-state index contributed by atoms with van der Waals surface area (Å²) in [5, 5.41) is 10.3. The molecule has 0 aliphatic heterocycles. The minimum absolute atomic E-state index is 0.255. The summed E-state index contributed by atoms with van der Waals surface area (Å²) in [6.07, 6.45) is 1.79. The molecule has 2 rings (SSSR count). The van der Waals surface area contributed by atoms with Crippen molar-refractivity contribution in [2.75, 3.05) is 5.32 Å². The molecule has 17 heavy (non-hydrogen) atoms. The number of hydrogen-bond donors (Lipinski definition) is 1. The van der Waals surface area contributed by atoms with E-state index in [1.165, 1.54) is 0 Å². The van der Waals surface area contributed by atoms with Crippen molar-refractivity contribution in [3.63, 3.8) is 0 Å². The highest BCUT2D eigenvalue weighted by molar-refractivity contribution is 9.10. The predicted molar refractivity (Wildman–Crippen MR) is 68.1 cm³/mol. The molecule has 0 unspecified atom stereocenters. The van der Waals surface area contributed by atoms with Gasteiger partial charge in [-0.25, -0.2) is 0 Å². The molecule has 0 spiro atoms. The van der Waals surface area contributed by atoms with Crippen LogP contribution in [0.3, 0.4) is 0 Å². The molecular formula is C10H8BrClN4O. The number of aryl methyl sites for hydroxylation is 1. The van der Waals surface area contributed by atoms with Crippen molar-refractivity contribution in [1.82, 2.24) is 14.8 Å². The van der Waals surface area contributed by atoms with Gasteiger partial charge in [0.15, 0.2) is 11.0 Å². The van der Waals surface area contributed by atoms with Gasteiger partial charge in [-0.3, -0.25) is 4.79 Å². The van der Waals surface area contributed by atoms with Gasteiger partial charge in [-0.05, 0) is 34.1 Å². The Kier molecular flexibility index (Phi) is 3.44. The summed E-state index contributed by atoms with van der Waals surface area (Å²) in [7, 11) is 1.78. The van der Waals surface area contributed by atoms with Gasteiger partial charge in [0.05, 0.1) is 0 Å². The zero-order valence-corrected chi connectivity index (χ0v) is 11.2. The average Bonchev–Trinajstić information content (AvgIpc) is 2.61. The quantitative estimate of drug-likeness (QED) is 0.926. The van der Waals surface area contributed by atoms with Gasteiger partial charge in [0.2, 0.25) is 0 Å². The maximum atomic E-state index is 11.9. The summed E-state index contributed by atoms with van der Waals surface area (Å²) in [6, 6.07) is 4.87. The van der Waals surface area contributed by atoms with Gasteiger partial charge in [-0.2, -0.15) is 0 Å². The van der Waals surface area contributed by atoms with Crippen molar-refractivity contribution in [1.29, 1.82) is 0 Å². The fourth-order valence-corrected chi connectivity index (χ4v) is 1.94. The molecule has 2 aromatic rings. The highest BCUT2D eigenvalue weighted by atomic mass is 79.9. The van der Waals surface area contributed by atoms with E-state index < -0.39 is 0 Å². The Balaban J connectivity index is 2.17. The summed E-state index contributed by atoms with van der Waals surface area (Å²) < 4.78 is 2.55. The summed E-state index contributed by atoms with van der Waals surface area (Å²) in [5.74, 6) is 0.103. The summed E-state index contributed by atoms with van der Waals surface area (Å²) in [4.78, 5) is 11.9. The molecule has 0 aliphatic rings. The van der Waals surface area contributed by atoms with Gasteiger partial charge in [-0.1, -0.05) is 11.6 Å². The molecule has 0 bridgehead atoms. The second-order valence-electron chi connectivity index (χ2n) is 3.35. The van der Waals surface area contributed by atoms with E-state index >= 15 is 0 Å². The van der Waals surface area contributed by atoms with E-state index in [-0.39, 0.29) is 11.1 Å². The number of amides is 1. The van der Waals surface area contributed by atoms with Crippen molar-refractivity contribution in [2.24, 2.45) is 7.05 Å². The summed E-state index contributed by atoms with van der Waals surface area (Å²) >= 11 is 8.90. The highest BCUT2D eigenvalue weighted by Gasteiger charge is 2.11. The summed E-state index contributed by atoms with van der Waals surface area (Å²) in [6.45, 7) is 0. The maximum absolute atomic E-state index is 11.9. The third-order valence-corrected chi connectivity index (χ3v) is 2.71. The Labute approximate surface area is 111 Å². The number of nitrogens with zero attached hydrogens (tertiary/aromatic N) is 3. The van der Waals surface area contributed by atoms with Crippen molar-refractivity contribution in [3.8, 4) is 0 Å². The Morgan fingerprint density at radius 2 is 2.24 bits per heavy atom. The third kappa shape index (κ3) is 2.83.